The van der Waals surface area contributed by atoms with E-state index in [0.717, 1.165) is 13.0 Å². The molecule has 0 aromatic heterocycles. The maximum Gasteiger partial charge on any atom is 0.410 e. The van der Waals surface area contributed by atoms with Crippen LogP contribution in [0.3, 0.4) is 0 Å². The molecule has 0 aromatic carbocycles. The Balaban J connectivity index is 1.96. The number of carbonyl (C=O) groups is 1. The van der Waals surface area contributed by atoms with Crippen LogP contribution in [0.25, 0.3) is 0 Å². The van der Waals surface area contributed by atoms with Gasteiger partial charge in [0.2, 0.25) is 0 Å². The molecule has 2 aliphatic rings. The van der Waals surface area contributed by atoms with Gasteiger partial charge in [0.05, 0.1) is 6.61 Å². The third-order valence-electron chi connectivity index (χ3n) is 2.94. The number of hydrogen-bond donors (Lipinski definition) is 0. The third kappa shape index (κ3) is 1.64. The van der Waals surface area contributed by atoms with Crippen LogP contribution in [-0.4, -0.2) is 30.2 Å². The molecule has 1 heterocycles. The van der Waals surface area contributed by atoms with Crippen molar-refractivity contribution in [3.8, 4) is 0 Å². The Morgan fingerprint density at radius 2 is 2.46 bits per heavy atom. The lowest BCUT2D eigenvalue weighted by Crippen LogP contribution is -2.35. The molecule has 1 aliphatic carbocycles. The summed E-state index contributed by atoms with van der Waals surface area (Å²) in [5.41, 5.74) is 0. The predicted octanol–water partition coefficient (Wildman–Crippen LogP) is 1.83. The average molecular weight is 182 g/mol. The molecule has 2 rings (SSSR count). The smallest absolute Gasteiger partial charge is 0.410 e. The van der Waals surface area contributed by atoms with Crippen molar-refractivity contribution in [1.29, 1.82) is 0 Å². The van der Waals surface area contributed by atoms with Crippen molar-refractivity contribution in [2.45, 2.75) is 32.2 Å². The average Bonchev–Trinajstić information content (AvgIpc) is 2.42. The summed E-state index contributed by atoms with van der Waals surface area (Å²) in [6, 6.07) is 0.429. The topological polar surface area (TPSA) is 29.5 Å². The molecule has 2 atom stereocenters. The summed E-state index contributed by atoms with van der Waals surface area (Å²) in [5.74, 6) is 0.697. The minimum absolute atomic E-state index is 0.120. The summed E-state index contributed by atoms with van der Waals surface area (Å²) in [6.07, 6.45) is 5.58. The van der Waals surface area contributed by atoms with Crippen molar-refractivity contribution in [3.05, 3.63) is 6.42 Å². The summed E-state index contributed by atoms with van der Waals surface area (Å²) in [4.78, 5) is 13.4. The van der Waals surface area contributed by atoms with Gasteiger partial charge in [0.25, 0.3) is 0 Å². The maximum absolute atomic E-state index is 11.5. The summed E-state index contributed by atoms with van der Waals surface area (Å²) in [7, 11) is 0. The Labute approximate surface area is 79.0 Å². The zero-order valence-electron chi connectivity index (χ0n) is 8.03. The fourth-order valence-corrected chi connectivity index (χ4v) is 2.36. The molecular weight excluding hydrogens is 166 g/mol. The molecule has 0 N–H and O–H groups in total. The van der Waals surface area contributed by atoms with E-state index in [4.69, 9.17) is 4.74 Å². The number of fused-ring (bicyclic) bond motifs is 2. The van der Waals surface area contributed by atoms with Crippen molar-refractivity contribution in [2.24, 2.45) is 5.92 Å². The van der Waals surface area contributed by atoms with Gasteiger partial charge < -0.3 is 9.64 Å². The van der Waals surface area contributed by atoms with E-state index in [-0.39, 0.29) is 6.09 Å². The van der Waals surface area contributed by atoms with Crippen LogP contribution in [0.4, 0.5) is 4.79 Å². The van der Waals surface area contributed by atoms with E-state index in [0.29, 0.717) is 18.6 Å². The highest BCUT2D eigenvalue weighted by molar-refractivity contribution is 5.68. The highest BCUT2D eigenvalue weighted by Crippen LogP contribution is 2.34. The van der Waals surface area contributed by atoms with Crippen molar-refractivity contribution in [2.75, 3.05) is 13.2 Å². The first-order chi connectivity index (χ1) is 6.31. The van der Waals surface area contributed by atoms with E-state index in [1.807, 2.05) is 11.8 Å². The van der Waals surface area contributed by atoms with Crippen LogP contribution in [0.5, 0.6) is 0 Å². The Hall–Kier alpha value is -0.730. The lowest BCUT2D eigenvalue weighted by molar-refractivity contribution is 0.103. The standard InChI is InChI=1S/C10H16NO2/c1-2-13-10(12)11-7-8-4-3-5-9(11)6-8/h3,8-9H,2,4-7H2,1H3. The minimum atomic E-state index is -0.120. The molecular formula is C10H16NO2. The van der Waals surface area contributed by atoms with E-state index in [1.165, 1.54) is 12.8 Å². The monoisotopic (exact) mass is 182 g/mol. The molecule has 73 valence electrons. The number of ether oxygens (including phenoxy) is 1. The summed E-state index contributed by atoms with van der Waals surface area (Å²) in [5, 5.41) is 0. The van der Waals surface area contributed by atoms with Gasteiger partial charge in [0.15, 0.2) is 0 Å². The highest BCUT2D eigenvalue weighted by Gasteiger charge is 2.38. The Kier molecular flexibility index (Phi) is 2.42. The van der Waals surface area contributed by atoms with Gasteiger partial charge in [0.1, 0.15) is 0 Å². The molecule has 1 radical (unpaired) electrons. The van der Waals surface area contributed by atoms with Crippen LogP contribution in [0.15, 0.2) is 0 Å². The summed E-state index contributed by atoms with van der Waals surface area (Å²) in [6.45, 7) is 3.24. The first-order valence-corrected chi connectivity index (χ1v) is 5.06. The molecule has 3 heteroatoms. The molecule has 13 heavy (non-hydrogen) atoms. The zero-order valence-corrected chi connectivity index (χ0v) is 8.03. The van der Waals surface area contributed by atoms with Crippen molar-refractivity contribution < 1.29 is 9.53 Å². The van der Waals surface area contributed by atoms with Gasteiger partial charge in [-0.1, -0.05) is 0 Å². The number of amides is 1. The molecule has 0 spiro atoms. The van der Waals surface area contributed by atoms with Crippen molar-refractivity contribution >= 4 is 6.09 Å². The molecule has 3 nitrogen and oxygen atoms in total. The largest absolute Gasteiger partial charge is 0.450 e. The second kappa shape index (κ2) is 3.56. The second-order valence-corrected chi connectivity index (χ2v) is 3.87. The highest BCUT2D eigenvalue weighted by atomic mass is 16.6. The van der Waals surface area contributed by atoms with Crippen LogP contribution in [0.1, 0.15) is 26.2 Å². The molecule has 1 aliphatic heterocycles. The molecule has 2 bridgehead atoms. The SMILES string of the molecule is CCOC(=O)N1CC2C[CH]CC1C2. The second-order valence-electron chi connectivity index (χ2n) is 3.87. The fraction of sp³-hybridized carbons (Fsp3) is 0.800. The van der Waals surface area contributed by atoms with Crippen LogP contribution in [0.2, 0.25) is 0 Å². The van der Waals surface area contributed by atoms with Crippen LogP contribution in [0, 0.1) is 12.3 Å². The van der Waals surface area contributed by atoms with Gasteiger partial charge in [-0.15, -0.1) is 0 Å². The van der Waals surface area contributed by atoms with E-state index in [1.54, 1.807) is 0 Å². The van der Waals surface area contributed by atoms with Gasteiger partial charge in [-0.3, -0.25) is 0 Å². The number of likely N-dealkylation sites (tertiary alicyclic amines) is 1. The first-order valence-electron chi connectivity index (χ1n) is 5.06. The van der Waals surface area contributed by atoms with Gasteiger partial charge in [-0.2, -0.15) is 0 Å². The zero-order chi connectivity index (χ0) is 9.26. The lowest BCUT2D eigenvalue weighted by atomic mass is 9.91. The van der Waals surface area contributed by atoms with Crippen molar-refractivity contribution in [1.82, 2.24) is 4.90 Å². The fourth-order valence-electron chi connectivity index (χ4n) is 2.36. The van der Waals surface area contributed by atoms with Crippen LogP contribution >= 0.6 is 0 Å². The molecule has 2 fully saturated rings. The van der Waals surface area contributed by atoms with E-state index in [9.17, 15) is 4.79 Å². The predicted molar refractivity (Wildman–Crippen MR) is 49.2 cm³/mol. The van der Waals surface area contributed by atoms with E-state index >= 15 is 0 Å². The van der Waals surface area contributed by atoms with Gasteiger partial charge >= 0.3 is 6.09 Å². The summed E-state index contributed by atoms with van der Waals surface area (Å²) < 4.78 is 5.01. The first kappa shape index (κ1) is 8.85. The van der Waals surface area contributed by atoms with Gasteiger partial charge in [-0.05, 0) is 38.5 Å². The molecule has 1 saturated carbocycles. The lowest BCUT2D eigenvalue weighted by Gasteiger charge is -2.23. The number of hydrogen-bond acceptors (Lipinski definition) is 2. The van der Waals surface area contributed by atoms with Crippen LogP contribution < -0.4 is 0 Å². The normalized spacial score (nSPS) is 31.9. The number of rotatable bonds is 1. The third-order valence-corrected chi connectivity index (χ3v) is 2.94. The number of nitrogens with zero attached hydrogens (tertiary/aromatic N) is 1. The molecule has 1 amide bonds. The van der Waals surface area contributed by atoms with Crippen LogP contribution in [-0.2, 0) is 4.74 Å². The quantitative estimate of drug-likeness (QED) is 0.619. The number of carbonyl (C=O) groups excluding carboxylic acids is 1. The van der Waals surface area contributed by atoms with E-state index in [2.05, 4.69) is 6.42 Å². The summed E-state index contributed by atoms with van der Waals surface area (Å²) >= 11 is 0. The Bertz CT molecular complexity index is 205. The Morgan fingerprint density at radius 1 is 1.62 bits per heavy atom. The van der Waals surface area contributed by atoms with Gasteiger partial charge in [0, 0.05) is 12.6 Å². The maximum atomic E-state index is 11.5. The molecule has 2 unspecified atom stereocenters. The van der Waals surface area contributed by atoms with E-state index < -0.39 is 0 Å². The molecule has 1 saturated heterocycles. The minimum Gasteiger partial charge on any atom is -0.450 e. The Morgan fingerprint density at radius 3 is 3.15 bits per heavy atom. The molecule has 0 aromatic rings. The van der Waals surface area contributed by atoms with Gasteiger partial charge in [-0.25, -0.2) is 4.79 Å². The van der Waals surface area contributed by atoms with Crippen molar-refractivity contribution in [3.63, 3.8) is 0 Å².